The number of amides is 4. The number of nitrogens with zero attached hydrogens (tertiary/aromatic N) is 1. The van der Waals surface area contributed by atoms with Crippen LogP contribution in [0.2, 0.25) is 5.02 Å². The van der Waals surface area contributed by atoms with Crippen LogP contribution in [0.15, 0.2) is 42.0 Å². The number of nitrogens with one attached hydrogen (secondary N) is 1. The molecule has 3 rings (SSSR count). The summed E-state index contributed by atoms with van der Waals surface area (Å²) >= 11 is 6.25. The van der Waals surface area contributed by atoms with Gasteiger partial charge in [0.15, 0.2) is 18.1 Å². The molecule has 0 aromatic heterocycles. The molecule has 2 aromatic rings. The first-order chi connectivity index (χ1) is 15.7. The van der Waals surface area contributed by atoms with E-state index in [-0.39, 0.29) is 40.0 Å². The second-order valence-electron chi connectivity index (χ2n) is 6.56. The van der Waals surface area contributed by atoms with Crippen molar-refractivity contribution in [1.82, 2.24) is 5.32 Å². The molecule has 0 aliphatic carbocycles. The number of rotatable bonds is 7. The molecule has 0 spiro atoms. The van der Waals surface area contributed by atoms with Crippen LogP contribution in [-0.4, -0.2) is 44.1 Å². The summed E-state index contributed by atoms with van der Waals surface area (Å²) in [4.78, 5) is 49.8. The number of anilines is 1. The molecule has 0 radical (unpaired) electrons. The summed E-state index contributed by atoms with van der Waals surface area (Å²) < 4.78 is 28.6. The first kappa shape index (κ1) is 23.7. The number of barbiturate groups is 1. The first-order valence-corrected chi connectivity index (χ1v) is 9.96. The number of hydrogen-bond acceptors (Lipinski definition) is 7. The van der Waals surface area contributed by atoms with Gasteiger partial charge in [0.2, 0.25) is 0 Å². The van der Waals surface area contributed by atoms with Crippen molar-refractivity contribution in [2.75, 3.05) is 25.2 Å². The predicted octanol–water partition coefficient (Wildman–Crippen LogP) is 3.10. The van der Waals surface area contributed by atoms with Crippen molar-refractivity contribution in [2.24, 2.45) is 0 Å². The molecule has 1 fully saturated rings. The molecule has 1 aliphatic rings. The van der Waals surface area contributed by atoms with Gasteiger partial charge in [-0.25, -0.2) is 18.9 Å². The van der Waals surface area contributed by atoms with Crippen molar-refractivity contribution in [3.63, 3.8) is 0 Å². The van der Waals surface area contributed by atoms with Crippen LogP contribution in [-0.2, 0) is 19.1 Å². The molecule has 1 heterocycles. The van der Waals surface area contributed by atoms with E-state index in [1.165, 1.54) is 37.5 Å². The third kappa shape index (κ3) is 5.29. The quantitative estimate of drug-likeness (QED) is 0.371. The van der Waals surface area contributed by atoms with E-state index in [4.69, 9.17) is 25.8 Å². The Morgan fingerprint density at radius 1 is 1.18 bits per heavy atom. The van der Waals surface area contributed by atoms with E-state index in [1.807, 2.05) is 0 Å². The van der Waals surface area contributed by atoms with Crippen molar-refractivity contribution in [1.29, 1.82) is 0 Å². The fraction of sp³-hybridized carbons (Fsp3) is 0.182. The Kier molecular flexibility index (Phi) is 7.29. The minimum Gasteiger partial charge on any atom is -0.493 e. The van der Waals surface area contributed by atoms with Crippen LogP contribution in [0.3, 0.4) is 0 Å². The molecule has 11 heteroatoms. The van der Waals surface area contributed by atoms with Gasteiger partial charge in [0.05, 0.1) is 24.4 Å². The van der Waals surface area contributed by atoms with Gasteiger partial charge < -0.3 is 14.2 Å². The van der Waals surface area contributed by atoms with Crippen LogP contribution < -0.4 is 19.7 Å². The van der Waals surface area contributed by atoms with Gasteiger partial charge >= 0.3 is 12.0 Å². The van der Waals surface area contributed by atoms with Crippen molar-refractivity contribution >= 4 is 47.2 Å². The van der Waals surface area contributed by atoms with Crippen LogP contribution >= 0.6 is 11.6 Å². The molecule has 0 bridgehead atoms. The van der Waals surface area contributed by atoms with Gasteiger partial charge in [0.1, 0.15) is 11.4 Å². The van der Waals surface area contributed by atoms with Crippen molar-refractivity contribution in [2.45, 2.75) is 6.92 Å². The Morgan fingerprint density at radius 2 is 1.88 bits per heavy atom. The van der Waals surface area contributed by atoms with E-state index in [0.717, 1.165) is 12.1 Å². The van der Waals surface area contributed by atoms with E-state index < -0.39 is 36.2 Å². The average molecular weight is 477 g/mol. The molecular weight excluding hydrogens is 459 g/mol. The Bertz CT molecular complexity index is 1150. The normalized spacial score (nSPS) is 14.8. The zero-order valence-corrected chi connectivity index (χ0v) is 18.3. The SMILES string of the molecule is CCOC(=O)COc1c(Cl)cc(/C=C2\C(=O)NC(=O)N(c3ccc(F)cc3)C2=O)cc1OC. The fourth-order valence-electron chi connectivity index (χ4n) is 2.95. The maximum Gasteiger partial charge on any atom is 0.344 e. The molecule has 1 aliphatic heterocycles. The summed E-state index contributed by atoms with van der Waals surface area (Å²) in [6.45, 7) is 1.44. The maximum atomic E-state index is 13.2. The molecule has 0 saturated carbocycles. The molecule has 4 amide bonds. The molecular formula is C22H18ClFN2O7. The number of benzene rings is 2. The highest BCUT2D eigenvalue weighted by Crippen LogP contribution is 2.37. The lowest BCUT2D eigenvalue weighted by atomic mass is 10.1. The molecule has 9 nitrogen and oxygen atoms in total. The van der Waals surface area contributed by atoms with Crippen LogP contribution in [0.4, 0.5) is 14.9 Å². The molecule has 172 valence electrons. The maximum absolute atomic E-state index is 13.2. The summed E-state index contributed by atoms with van der Waals surface area (Å²) in [5.41, 5.74) is 0.0000951. The van der Waals surface area contributed by atoms with Crippen LogP contribution in [0, 0.1) is 5.82 Å². The second-order valence-corrected chi connectivity index (χ2v) is 6.97. The number of ether oxygens (including phenoxy) is 3. The molecule has 2 aromatic carbocycles. The predicted molar refractivity (Wildman–Crippen MR) is 116 cm³/mol. The molecule has 0 unspecified atom stereocenters. The monoisotopic (exact) mass is 476 g/mol. The highest BCUT2D eigenvalue weighted by Gasteiger charge is 2.36. The third-order valence-electron chi connectivity index (χ3n) is 4.39. The molecule has 1 N–H and O–H groups in total. The molecule has 0 atom stereocenters. The second kappa shape index (κ2) is 10.1. The highest BCUT2D eigenvalue weighted by molar-refractivity contribution is 6.39. The Morgan fingerprint density at radius 3 is 2.52 bits per heavy atom. The van der Waals surface area contributed by atoms with E-state index in [0.29, 0.717) is 4.90 Å². The van der Waals surface area contributed by atoms with E-state index in [1.54, 1.807) is 6.92 Å². The van der Waals surface area contributed by atoms with Crippen LogP contribution in [0.5, 0.6) is 11.5 Å². The Labute approximate surface area is 192 Å². The van der Waals surface area contributed by atoms with E-state index >= 15 is 0 Å². The minimum absolute atomic E-state index is 0.0423. The summed E-state index contributed by atoms with van der Waals surface area (Å²) in [5.74, 6) is -2.78. The van der Waals surface area contributed by atoms with Gasteiger partial charge in [0.25, 0.3) is 11.8 Å². The lowest BCUT2D eigenvalue weighted by Crippen LogP contribution is -2.54. The van der Waals surface area contributed by atoms with Gasteiger partial charge in [-0.05, 0) is 55.0 Å². The molecule has 1 saturated heterocycles. The number of hydrogen-bond donors (Lipinski definition) is 1. The fourth-order valence-corrected chi connectivity index (χ4v) is 3.22. The lowest BCUT2D eigenvalue weighted by molar-refractivity contribution is -0.145. The molecule has 33 heavy (non-hydrogen) atoms. The van der Waals surface area contributed by atoms with E-state index in [2.05, 4.69) is 5.32 Å². The van der Waals surface area contributed by atoms with E-state index in [9.17, 15) is 23.6 Å². The van der Waals surface area contributed by atoms with Crippen molar-refractivity contribution in [3.05, 3.63) is 58.4 Å². The zero-order valence-electron chi connectivity index (χ0n) is 17.5. The van der Waals surface area contributed by atoms with Gasteiger partial charge in [-0.2, -0.15) is 0 Å². The van der Waals surface area contributed by atoms with Gasteiger partial charge in [-0.1, -0.05) is 11.6 Å². The van der Waals surface area contributed by atoms with Gasteiger partial charge in [-0.3, -0.25) is 14.9 Å². The number of carbonyl (C=O) groups excluding carboxylic acids is 4. The van der Waals surface area contributed by atoms with Crippen molar-refractivity contribution in [3.8, 4) is 11.5 Å². The highest BCUT2D eigenvalue weighted by atomic mass is 35.5. The largest absolute Gasteiger partial charge is 0.493 e. The van der Waals surface area contributed by atoms with Crippen LogP contribution in [0.25, 0.3) is 6.08 Å². The van der Waals surface area contributed by atoms with Crippen molar-refractivity contribution < 1.29 is 37.8 Å². The van der Waals surface area contributed by atoms with Gasteiger partial charge in [0, 0.05) is 0 Å². The summed E-state index contributed by atoms with van der Waals surface area (Å²) in [7, 11) is 1.34. The zero-order chi connectivity index (χ0) is 24.1. The lowest BCUT2D eigenvalue weighted by Gasteiger charge is -2.26. The number of imide groups is 2. The number of carbonyl (C=O) groups is 4. The number of urea groups is 1. The first-order valence-electron chi connectivity index (χ1n) is 9.58. The summed E-state index contributed by atoms with van der Waals surface area (Å²) in [5, 5.41) is 2.11. The summed E-state index contributed by atoms with van der Waals surface area (Å²) in [6, 6.07) is 6.47. The Hall–Kier alpha value is -3.92. The smallest absolute Gasteiger partial charge is 0.344 e. The van der Waals surface area contributed by atoms with Gasteiger partial charge in [-0.15, -0.1) is 0 Å². The number of halogens is 2. The topological polar surface area (TPSA) is 111 Å². The summed E-state index contributed by atoms with van der Waals surface area (Å²) in [6.07, 6.45) is 1.21. The minimum atomic E-state index is -0.966. The number of methoxy groups -OCH3 is 1. The Balaban J connectivity index is 1.93. The average Bonchev–Trinajstić information content (AvgIpc) is 2.77. The number of esters is 1. The standard InChI is InChI=1S/C22H18ClFN2O7/c1-3-32-18(27)11-33-19-16(23)9-12(10-17(19)31-2)8-15-20(28)25-22(30)26(21(15)29)14-6-4-13(24)5-7-14/h4-10H,3,11H2,1-2H3,(H,25,28,30)/b15-8+. The van der Waals surface area contributed by atoms with Crippen LogP contribution in [0.1, 0.15) is 12.5 Å². The third-order valence-corrected chi connectivity index (χ3v) is 4.67.